The van der Waals surface area contributed by atoms with Gasteiger partial charge < -0.3 is 43.5 Å². The molecule has 0 saturated carbocycles. The Kier molecular flexibility index (Phi) is 7.71. The molecule has 2 heterocycles. The Bertz CT molecular complexity index is 1110. The predicted molar refractivity (Wildman–Crippen MR) is 121 cm³/mol. The van der Waals surface area contributed by atoms with E-state index in [1.165, 1.54) is 20.3 Å². The maximum absolute atomic E-state index is 12.7. The van der Waals surface area contributed by atoms with Crippen molar-refractivity contribution in [3.05, 3.63) is 33.7 Å². The molecule has 11 nitrogen and oxygen atoms in total. The van der Waals surface area contributed by atoms with Crippen molar-refractivity contribution >= 4 is 16.9 Å². The van der Waals surface area contributed by atoms with Crippen molar-refractivity contribution in [3.8, 4) is 11.5 Å². The van der Waals surface area contributed by atoms with Crippen molar-refractivity contribution in [1.82, 2.24) is 0 Å². The minimum Gasteiger partial charge on any atom is -0.507 e. The number of aromatic hydroxyl groups is 1. The first-order valence-corrected chi connectivity index (χ1v) is 10.8. The van der Waals surface area contributed by atoms with E-state index in [1.807, 2.05) is 0 Å². The van der Waals surface area contributed by atoms with Gasteiger partial charge in [0.05, 0.1) is 29.6 Å². The standard InChI is InChI=1S/C23H31NO10/c1-7-31-15(24-30-6)10-13-16(25)12-8-9-14(11(2)19(12)33-21(13)28)32-22-18(27)17(26)20(29-5)23(3,4)34-22/h8-9,17-18,20,22,25-27H,7,10H2,1-6H3/t17-,18+,20+,22+/m0/s1. The Morgan fingerprint density at radius 2 is 1.91 bits per heavy atom. The smallest absolute Gasteiger partial charge is 0.343 e. The van der Waals surface area contributed by atoms with Crippen LogP contribution in [0.15, 0.2) is 26.5 Å². The number of rotatable bonds is 7. The number of aliphatic hydroxyl groups is 2. The molecular formula is C23H31NO10. The summed E-state index contributed by atoms with van der Waals surface area (Å²) in [6.07, 6.45) is -4.76. The fraction of sp³-hybridized carbons (Fsp3) is 0.565. The van der Waals surface area contributed by atoms with E-state index < -0.39 is 35.8 Å². The van der Waals surface area contributed by atoms with Crippen molar-refractivity contribution in [3.63, 3.8) is 0 Å². The van der Waals surface area contributed by atoms with E-state index in [2.05, 4.69) is 5.16 Å². The van der Waals surface area contributed by atoms with Gasteiger partial charge in [-0.15, -0.1) is 0 Å². The van der Waals surface area contributed by atoms with Gasteiger partial charge in [0.25, 0.3) is 0 Å². The van der Waals surface area contributed by atoms with Crippen LogP contribution in [0.4, 0.5) is 0 Å². The molecule has 1 aliphatic heterocycles. The number of hydrogen-bond acceptors (Lipinski definition) is 11. The summed E-state index contributed by atoms with van der Waals surface area (Å²) in [6, 6.07) is 3.06. The summed E-state index contributed by atoms with van der Waals surface area (Å²) < 4.78 is 27.8. The van der Waals surface area contributed by atoms with Crippen LogP contribution in [0.2, 0.25) is 0 Å². The highest BCUT2D eigenvalue weighted by molar-refractivity contribution is 5.90. The van der Waals surface area contributed by atoms with E-state index in [1.54, 1.807) is 33.8 Å². The third kappa shape index (κ3) is 4.83. The minimum atomic E-state index is -1.40. The summed E-state index contributed by atoms with van der Waals surface area (Å²) in [6.45, 7) is 7.10. The fourth-order valence-corrected chi connectivity index (χ4v) is 4.05. The van der Waals surface area contributed by atoms with Crippen LogP contribution in [0.25, 0.3) is 11.0 Å². The summed E-state index contributed by atoms with van der Waals surface area (Å²) in [5.74, 6) is 0.0714. The van der Waals surface area contributed by atoms with Gasteiger partial charge in [-0.3, -0.25) is 0 Å². The average Bonchev–Trinajstić information content (AvgIpc) is 2.77. The van der Waals surface area contributed by atoms with Crippen molar-refractivity contribution in [1.29, 1.82) is 0 Å². The number of nitrogens with zero attached hydrogens (tertiary/aromatic N) is 1. The Labute approximate surface area is 196 Å². The highest BCUT2D eigenvalue weighted by atomic mass is 16.7. The van der Waals surface area contributed by atoms with Gasteiger partial charge in [-0.1, -0.05) is 5.16 Å². The number of hydrogen-bond donors (Lipinski definition) is 3. The highest BCUT2D eigenvalue weighted by Gasteiger charge is 2.50. The molecule has 0 bridgehead atoms. The molecule has 0 aliphatic carbocycles. The molecule has 1 aromatic carbocycles. The molecule has 1 aliphatic rings. The third-order valence-corrected chi connectivity index (χ3v) is 5.71. The molecule has 1 aromatic heterocycles. The molecule has 1 saturated heterocycles. The van der Waals surface area contributed by atoms with Gasteiger partial charge in [0, 0.05) is 12.7 Å². The third-order valence-electron chi connectivity index (χ3n) is 5.71. The van der Waals surface area contributed by atoms with Gasteiger partial charge in [0.15, 0.2) is 0 Å². The molecule has 11 heteroatoms. The van der Waals surface area contributed by atoms with Crippen LogP contribution in [0.1, 0.15) is 31.9 Å². The first-order valence-electron chi connectivity index (χ1n) is 10.8. The van der Waals surface area contributed by atoms with Crippen LogP contribution in [0.3, 0.4) is 0 Å². The zero-order chi connectivity index (χ0) is 25.2. The molecule has 188 valence electrons. The lowest BCUT2D eigenvalue weighted by molar-refractivity contribution is -0.306. The van der Waals surface area contributed by atoms with E-state index in [9.17, 15) is 20.1 Å². The fourth-order valence-electron chi connectivity index (χ4n) is 4.05. The molecule has 3 N–H and O–H groups in total. The molecular weight excluding hydrogens is 450 g/mol. The average molecular weight is 481 g/mol. The van der Waals surface area contributed by atoms with Crippen molar-refractivity contribution in [2.24, 2.45) is 5.16 Å². The van der Waals surface area contributed by atoms with Crippen LogP contribution in [0, 0.1) is 6.92 Å². The second kappa shape index (κ2) is 10.2. The first-order chi connectivity index (χ1) is 16.0. The van der Waals surface area contributed by atoms with Gasteiger partial charge in [0.2, 0.25) is 12.2 Å². The van der Waals surface area contributed by atoms with E-state index in [4.69, 9.17) is 28.2 Å². The Morgan fingerprint density at radius 1 is 1.21 bits per heavy atom. The number of aryl methyl sites for hydroxylation is 1. The van der Waals surface area contributed by atoms with E-state index in [0.29, 0.717) is 12.2 Å². The largest absolute Gasteiger partial charge is 0.507 e. The first kappa shape index (κ1) is 25.8. The molecule has 2 aromatic rings. The molecule has 34 heavy (non-hydrogen) atoms. The minimum absolute atomic E-state index is 0.0358. The second-order valence-electron chi connectivity index (χ2n) is 8.40. The molecule has 0 radical (unpaired) electrons. The normalized spacial score (nSPS) is 24.8. The number of fused-ring (bicyclic) bond motifs is 1. The van der Waals surface area contributed by atoms with Crippen molar-refractivity contribution in [2.45, 2.75) is 64.3 Å². The SMILES string of the molecule is CCOC(Cc1c(O)c2ccc(O[C@@H]3OC(C)(C)[C@H](OC)[C@@H](O)[C@H]3O)c(C)c2oc1=O)=NOC. The Morgan fingerprint density at radius 3 is 2.53 bits per heavy atom. The van der Waals surface area contributed by atoms with Crippen LogP contribution < -0.4 is 10.4 Å². The lowest BCUT2D eigenvalue weighted by atomic mass is 9.89. The molecule has 4 atom stereocenters. The maximum Gasteiger partial charge on any atom is 0.343 e. The van der Waals surface area contributed by atoms with Gasteiger partial charge >= 0.3 is 5.63 Å². The Balaban J connectivity index is 1.96. The number of aliphatic hydroxyl groups excluding tert-OH is 2. The zero-order valence-electron chi connectivity index (χ0n) is 20.0. The van der Waals surface area contributed by atoms with Crippen molar-refractivity contribution in [2.75, 3.05) is 20.8 Å². The van der Waals surface area contributed by atoms with Crippen LogP contribution in [-0.4, -0.2) is 72.2 Å². The number of benzene rings is 1. The molecule has 0 amide bonds. The summed E-state index contributed by atoms with van der Waals surface area (Å²) in [7, 11) is 2.76. The van der Waals surface area contributed by atoms with Crippen LogP contribution in [0.5, 0.6) is 11.5 Å². The zero-order valence-corrected chi connectivity index (χ0v) is 20.0. The maximum atomic E-state index is 12.7. The van der Waals surface area contributed by atoms with Crippen LogP contribution >= 0.6 is 0 Å². The second-order valence-corrected chi connectivity index (χ2v) is 8.40. The highest BCUT2D eigenvalue weighted by Crippen LogP contribution is 2.37. The molecule has 3 rings (SSSR count). The monoisotopic (exact) mass is 481 g/mol. The predicted octanol–water partition coefficient (Wildman–Crippen LogP) is 1.60. The lowest BCUT2D eigenvalue weighted by Crippen LogP contribution is -2.63. The van der Waals surface area contributed by atoms with Gasteiger partial charge in [-0.25, -0.2) is 4.79 Å². The van der Waals surface area contributed by atoms with Gasteiger partial charge in [-0.2, -0.15) is 0 Å². The van der Waals surface area contributed by atoms with E-state index in [0.717, 1.165) is 0 Å². The summed E-state index contributed by atoms with van der Waals surface area (Å²) >= 11 is 0. The number of oxime groups is 1. The summed E-state index contributed by atoms with van der Waals surface area (Å²) in [4.78, 5) is 17.4. The molecule has 0 unspecified atom stereocenters. The summed E-state index contributed by atoms with van der Waals surface area (Å²) in [5, 5.41) is 35.7. The van der Waals surface area contributed by atoms with Gasteiger partial charge in [-0.05, 0) is 39.8 Å². The number of ether oxygens (including phenoxy) is 4. The van der Waals surface area contributed by atoms with Crippen molar-refractivity contribution < 1.29 is 43.5 Å². The van der Waals surface area contributed by atoms with E-state index >= 15 is 0 Å². The molecule has 0 spiro atoms. The Hall–Kier alpha value is -2.86. The number of methoxy groups -OCH3 is 1. The molecule has 1 fully saturated rings. The van der Waals surface area contributed by atoms with Crippen LogP contribution in [-0.2, 0) is 25.5 Å². The van der Waals surface area contributed by atoms with Gasteiger partial charge in [0.1, 0.15) is 42.5 Å². The topological polar surface area (TPSA) is 149 Å². The lowest BCUT2D eigenvalue weighted by Gasteiger charge is -2.46. The quantitative estimate of drug-likeness (QED) is 0.230. The van der Waals surface area contributed by atoms with E-state index in [-0.39, 0.29) is 40.4 Å². The summed E-state index contributed by atoms with van der Waals surface area (Å²) in [5.41, 5.74) is -1.27.